The number of allylic oxidation sites excluding steroid dienone is 1. The Bertz CT molecular complexity index is 1310. The number of benzene rings is 3. The maximum atomic E-state index is 12.7. The van der Waals surface area contributed by atoms with E-state index < -0.39 is 0 Å². The minimum atomic E-state index is -0.0810. The number of halogens is 1. The second-order valence-electron chi connectivity index (χ2n) is 7.18. The van der Waals surface area contributed by atoms with Crippen LogP contribution in [0.4, 0.5) is 11.4 Å². The van der Waals surface area contributed by atoms with Crippen LogP contribution >= 0.6 is 27.7 Å². The molecule has 0 atom stereocenters. The number of fused-ring (bicyclic) bond motifs is 2. The highest BCUT2D eigenvalue weighted by atomic mass is 79.9. The Morgan fingerprint density at radius 1 is 0.969 bits per heavy atom. The van der Waals surface area contributed by atoms with Crippen LogP contribution in [0.1, 0.15) is 21.9 Å². The fourth-order valence-electron chi connectivity index (χ4n) is 3.29. The molecule has 1 aliphatic heterocycles. The van der Waals surface area contributed by atoms with E-state index in [0.29, 0.717) is 23.7 Å². The molecular weight excluding hydrogens is 486 g/mol. The predicted octanol–water partition coefficient (Wildman–Crippen LogP) is 7.73. The molecule has 0 saturated carbocycles. The number of para-hydroxylation sites is 1. The lowest BCUT2D eigenvalue weighted by atomic mass is 10.1. The predicted molar refractivity (Wildman–Crippen MR) is 131 cm³/mol. The molecular formula is C26H18BrNO3S. The zero-order valence-corrected chi connectivity index (χ0v) is 19.3. The first-order valence-electron chi connectivity index (χ1n) is 10.0. The fourth-order valence-corrected chi connectivity index (χ4v) is 4.53. The molecule has 32 heavy (non-hydrogen) atoms. The Hall–Kier alpha value is -3.22. The third kappa shape index (κ3) is 4.66. The molecule has 6 heteroatoms. The van der Waals surface area contributed by atoms with Gasteiger partial charge in [0.2, 0.25) is 0 Å². The van der Waals surface area contributed by atoms with Gasteiger partial charge >= 0.3 is 0 Å². The van der Waals surface area contributed by atoms with Gasteiger partial charge in [-0.2, -0.15) is 0 Å². The first-order valence-corrected chi connectivity index (χ1v) is 11.6. The summed E-state index contributed by atoms with van der Waals surface area (Å²) in [4.78, 5) is 15.0. The number of anilines is 2. The summed E-state index contributed by atoms with van der Waals surface area (Å²) in [6.07, 6.45) is 3.21. The van der Waals surface area contributed by atoms with E-state index in [4.69, 9.17) is 9.15 Å². The largest absolute Gasteiger partial charge is 0.486 e. The maximum Gasteiger partial charge on any atom is 0.186 e. The molecule has 158 valence electrons. The van der Waals surface area contributed by atoms with E-state index in [0.717, 1.165) is 26.5 Å². The van der Waals surface area contributed by atoms with Gasteiger partial charge in [-0.05, 0) is 78.9 Å². The summed E-state index contributed by atoms with van der Waals surface area (Å²) in [6, 6.07) is 25.2. The molecule has 2 heterocycles. The summed E-state index contributed by atoms with van der Waals surface area (Å²) in [5, 5.41) is 3.41. The van der Waals surface area contributed by atoms with Crippen LogP contribution in [0.3, 0.4) is 0 Å². The van der Waals surface area contributed by atoms with Crippen molar-refractivity contribution in [2.45, 2.75) is 16.4 Å². The number of nitrogens with one attached hydrogen (secondary N) is 1. The number of carbonyl (C=O) groups is 1. The molecule has 4 nitrogen and oxygen atoms in total. The van der Waals surface area contributed by atoms with Crippen molar-refractivity contribution >= 4 is 50.9 Å². The van der Waals surface area contributed by atoms with E-state index in [2.05, 4.69) is 27.3 Å². The minimum absolute atomic E-state index is 0.0810. The topological polar surface area (TPSA) is 51.5 Å². The third-order valence-corrected chi connectivity index (χ3v) is 6.60. The lowest BCUT2D eigenvalue weighted by molar-refractivity contribution is 0.104. The van der Waals surface area contributed by atoms with Crippen LogP contribution in [0.25, 0.3) is 6.08 Å². The van der Waals surface area contributed by atoms with Gasteiger partial charge in [0, 0.05) is 19.8 Å². The van der Waals surface area contributed by atoms with Crippen molar-refractivity contribution < 1.29 is 13.9 Å². The van der Waals surface area contributed by atoms with Crippen LogP contribution in [0.15, 0.2) is 104 Å². The van der Waals surface area contributed by atoms with Crippen molar-refractivity contribution in [3.8, 4) is 5.75 Å². The van der Waals surface area contributed by atoms with Gasteiger partial charge in [0.25, 0.3) is 0 Å². The molecule has 5 rings (SSSR count). The second kappa shape index (κ2) is 9.10. The molecule has 1 aliphatic rings. The molecule has 4 aromatic rings. The molecule has 0 aliphatic carbocycles. The summed E-state index contributed by atoms with van der Waals surface area (Å²) >= 11 is 5.10. The summed E-state index contributed by atoms with van der Waals surface area (Å²) in [6.45, 7) is 0.319. The fraction of sp³-hybridized carbons (Fsp3) is 0.0385. The standard InChI is InChI=1S/C26H18BrNO3S/c27-18-6-8-19(9-7-18)30-16-21-11-10-20(31-21)12-13-24(29)17-5-14-26-23(15-17)28-22-3-1-2-4-25(22)32-26/h1-15,28H,16H2/b13-12+. The molecule has 3 aromatic carbocycles. The van der Waals surface area contributed by atoms with Gasteiger partial charge in [-0.15, -0.1) is 0 Å². The number of rotatable bonds is 6. The van der Waals surface area contributed by atoms with Crippen molar-refractivity contribution in [2.75, 3.05) is 5.32 Å². The average molecular weight is 504 g/mol. The first kappa shape index (κ1) is 20.7. The summed E-state index contributed by atoms with van der Waals surface area (Å²) in [7, 11) is 0. The highest BCUT2D eigenvalue weighted by Gasteiger charge is 2.16. The van der Waals surface area contributed by atoms with Crippen LogP contribution in [0.2, 0.25) is 0 Å². The normalized spacial score (nSPS) is 12.2. The number of carbonyl (C=O) groups excluding carboxylic acids is 1. The average Bonchev–Trinajstić information content (AvgIpc) is 3.28. The number of ether oxygens (including phenoxy) is 1. The van der Waals surface area contributed by atoms with E-state index in [9.17, 15) is 4.79 Å². The summed E-state index contributed by atoms with van der Waals surface area (Å²) in [5.74, 6) is 1.98. The highest BCUT2D eigenvalue weighted by molar-refractivity contribution is 9.10. The number of hydrogen-bond acceptors (Lipinski definition) is 5. The zero-order chi connectivity index (χ0) is 21.9. The van der Waals surface area contributed by atoms with Crippen molar-refractivity contribution in [1.82, 2.24) is 0 Å². The SMILES string of the molecule is O=C(/C=C/c1ccc(COc2ccc(Br)cc2)o1)c1ccc2c(c1)Nc1ccccc1S2. The maximum absolute atomic E-state index is 12.7. The Balaban J connectivity index is 1.23. The van der Waals surface area contributed by atoms with Gasteiger partial charge in [-0.1, -0.05) is 39.8 Å². The van der Waals surface area contributed by atoms with Gasteiger partial charge in [0.15, 0.2) is 5.78 Å². The summed E-state index contributed by atoms with van der Waals surface area (Å²) < 4.78 is 12.5. The lowest BCUT2D eigenvalue weighted by Gasteiger charge is -2.20. The van der Waals surface area contributed by atoms with E-state index >= 15 is 0 Å². The molecule has 1 aromatic heterocycles. The molecule has 0 saturated heterocycles. The van der Waals surface area contributed by atoms with Gasteiger partial charge in [0.05, 0.1) is 11.4 Å². The first-order chi connectivity index (χ1) is 15.6. The Morgan fingerprint density at radius 2 is 1.78 bits per heavy atom. The Morgan fingerprint density at radius 3 is 2.66 bits per heavy atom. The van der Waals surface area contributed by atoms with Crippen molar-refractivity contribution in [3.63, 3.8) is 0 Å². The quantitative estimate of drug-likeness (QED) is 0.190. The molecule has 0 radical (unpaired) electrons. The van der Waals surface area contributed by atoms with Crippen LogP contribution < -0.4 is 10.1 Å². The number of furan rings is 1. The van der Waals surface area contributed by atoms with Crippen LogP contribution in [-0.4, -0.2) is 5.78 Å². The van der Waals surface area contributed by atoms with Crippen LogP contribution in [0, 0.1) is 0 Å². The zero-order valence-electron chi connectivity index (χ0n) is 16.9. The molecule has 0 fully saturated rings. The van der Waals surface area contributed by atoms with Crippen molar-refractivity contribution in [2.24, 2.45) is 0 Å². The monoisotopic (exact) mass is 503 g/mol. The van der Waals surface area contributed by atoms with Gasteiger partial charge in [0.1, 0.15) is 23.9 Å². The van der Waals surface area contributed by atoms with Gasteiger partial charge in [-0.25, -0.2) is 0 Å². The van der Waals surface area contributed by atoms with E-state index in [1.165, 1.54) is 11.0 Å². The van der Waals surface area contributed by atoms with Crippen molar-refractivity contribution in [1.29, 1.82) is 0 Å². The van der Waals surface area contributed by atoms with E-state index in [1.807, 2.05) is 72.8 Å². The number of hydrogen-bond donors (Lipinski definition) is 1. The smallest absolute Gasteiger partial charge is 0.186 e. The summed E-state index contributed by atoms with van der Waals surface area (Å²) in [5.41, 5.74) is 2.62. The van der Waals surface area contributed by atoms with Crippen LogP contribution in [-0.2, 0) is 6.61 Å². The molecule has 0 amide bonds. The molecule has 0 bridgehead atoms. The van der Waals surface area contributed by atoms with Gasteiger partial charge in [-0.3, -0.25) is 4.79 Å². The minimum Gasteiger partial charge on any atom is -0.486 e. The second-order valence-corrected chi connectivity index (χ2v) is 9.18. The Kier molecular flexibility index (Phi) is 5.88. The molecule has 1 N–H and O–H groups in total. The third-order valence-electron chi connectivity index (χ3n) is 4.92. The van der Waals surface area contributed by atoms with Crippen LogP contribution in [0.5, 0.6) is 5.75 Å². The Labute approximate surface area is 198 Å². The van der Waals surface area contributed by atoms with E-state index in [1.54, 1.807) is 17.8 Å². The number of ketones is 1. The van der Waals surface area contributed by atoms with Gasteiger partial charge < -0.3 is 14.5 Å². The van der Waals surface area contributed by atoms with E-state index in [-0.39, 0.29) is 5.78 Å². The highest BCUT2D eigenvalue weighted by Crippen LogP contribution is 2.44. The van der Waals surface area contributed by atoms with Crippen molar-refractivity contribution in [3.05, 3.63) is 106 Å². The lowest BCUT2D eigenvalue weighted by Crippen LogP contribution is -2.02. The molecule has 0 spiro atoms. The molecule has 0 unspecified atom stereocenters.